The first-order chi connectivity index (χ1) is 8.86. The van der Waals surface area contributed by atoms with Crippen LogP contribution < -0.4 is 4.57 Å². The molecule has 3 rings (SSSR count). The molecule has 94 valence electrons. The smallest absolute Gasteiger partial charge is 0.358 e. The predicted octanol–water partition coefficient (Wildman–Crippen LogP) is 3.06. The Kier molecular flexibility index (Phi) is 5.72. The van der Waals surface area contributed by atoms with Crippen molar-refractivity contribution in [2.24, 2.45) is 0 Å². The maximum atomic E-state index is 12.4. The summed E-state index contributed by atoms with van der Waals surface area (Å²) in [6.45, 7) is 0. The predicted molar refractivity (Wildman–Crippen MR) is 75.6 cm³/mol. The standard InChI is InChI=1S/C16H11NO.CH3.Zn/c18-16(14-8-2-1-3-9-14)17-12-6-10-13-7-4-5-11-15(13)17;;/h1-11H;1H3;/q;-1;+2. The number of carbonyl (C=O) groups is 1. The third-order valence-corrected chi connectivity index (χ3v) is 2.87. The molecule has 0 bridgehead atoms. The van der Waals surface area contributed by atoms with Crippen LogP contribution in [0.3, 0.4) is 0 Å². The van der Waals surface area contributed by atoms with E-state index < -0.39 is 0 Å². The van der Waals surface area contributed by atoms with Crippen molar-refractivity contribution in [3.63, 3.8) is 0 Å². The van der Waals surface area contributed by atoms with Gasteiger partial charge in [0.15, 0.2) is 6.20 Å². The summed E-state index contributed by atoms with van der Waals surface area (Å²) in [7, 11) is 0. The Morgan fingerprint density at radius 3 is 2.30 bits per heavy atom. The van der Waals surface area contributed by atoms with Gasteiger partial charge in [0.2, 0.25) is 0 Å². The van der Waals surface area contributed by atoms with Crippen LogP contribution in [0.5, 0.6) is 0 Å². The fraction of sp³-hybridized carbons (Fsp3) is 0. The second-order valence-electron chi connectivity index (χ2n) is 4.03. The van der Waals surface area contributed by atoms with Crippen LogP contribution in [0.25, 0.3) is 10.9 Å². The molecule has 2 aromatic carbocycles. The minimum absolute atomic E-state index is 0. The molecule has 0 N–H and O–H groups in total. The van der Waals surface area contributed by atoms with E-state index in [0.29, 0.717) is 5.56 Å². The Bertz CT molecular complexity index is 705. The molecular weight excluding hydrogens is 300 g/mol. The molecule has 2 nitrogen and oxygen atoms in total. The number of fused-ring (bicyclic) bond motifs is 1. The number of pyridine rings is 1. The van der Waals surface area contributed by atoms with Gasteiger partial charge in [-0.1, -0.05) is 54.6 Å². The van der Waals surface area contributed by atoms with E-state index in [1.807, 2.05) is 60.7 Å². The third kappa shape index (κ3) is 3.00. The number of hydrogen-bond donors (Lipinski definition) is 0. The van der Waals surface area contributed by atoms with E-state index in [0.717, 1.165) is 10.9 Å². The van der Waals surface area contributed by atoms with Crippen LogP contribution >= 0.6 is 0 Å². The number of nitrogens with zero attached hydrogens (tertiary/aromatic N) is 1. The Morgan fingerprint density at radius 1 is 0.900 bits per heavy atom. The molecule has 0 aliphatic heterocycles. The molecule has 0 aliphatic rings. The van der Waals surface area contributed by atoms with Crippen molar-refractivity contribution in [2.75, 3.05) is 0 Å². The molecule has 3 heteroatoms. The van der Waals surface area contributed by atoms with Gasteiger partial charge in [0, 0.05) is 5.56 Å². The van der Waals surface area contributed by atoms with Gasteiger partial charge in [-0.25, -0.2) is 4.57 Å². The average molecular weight is 314 g/mol. The molecule has 0 unspecified atom stereocenters. The Hall–Kier alpha value is -1.86. The Balaban J connectivity index is 0.000001000. The number of para-hydroxylation sites is 1. The number of carbonyl (C=O) groups excluding carboxylic acids is 1. The van der Waals surface area contributed by atoms with Crippen molar-refractivity contribution in [1.29, 1.82) is 0 Å². The van der Waals surface area contributed by atoms with E-state index in [4.69, 9.17) is 0 Å². The summed E-state index contributed by atoms with van der Waals surface area (Å²) in [6.07, 6.45) is 2.98. The summed E-state index contributed by atoms with van der Waals surface area (Å²) in [5.41, 5.74) is 1.53. The van der Waals surface area contributed by atoms with Gasteiger partial charge in [0.05, 0.1) is 0 Å². The molecule has 1 aromatic heterocycles. The molecule has 0 aliphatic carbocycles. The fourth-order valence-corrected chi connectivity index (χ4v) is 1.98. The van der Waals surface area contributed by atoms with Crippen LogP contribution in [0.1, 0.15) is 10.4 Å². The molecule has 1 heterocycles. The Morgan fingerprint density at radius 2 is 1.55 bits per heavy atom. The normalized spacial score (nSPS) is 9.40. The zero-order chi connectivity index (χ0) is 12.4. The van der Waals surface area contributed by atoms with E-state index in [-0.39, 0.29) is 32.8 Å². The second-order valence-corrected chi connectivity index (χ2v) is 4.03. The fourth-order valence-electron chi connectivity index (χ4n) is 1.98. The summed E-state index contributed by atoms with van der Waals surface area (Å²) in [5.74, 6) is -0.0626. The van der Waals surface area contributed by atoms with Crippen molar-refractivity contribution in [1.82, 2.24) is 0 Å². The topological polar surface area (TPSA) is 20.9 Å². The quantitative estimate of drug-likeness (QED) is 0.384. The van der Waals surface area contributed by atoms with E-state index in [2.05, 4.69) is 6.20 Å². The Labute approximate surface area is 131 Å². The molecule has 0 spiro atoms. The summed E-state index contributed by atoms with van der Waals surface area (Å²) in [6, 6.07) is 20.7. The second kappa shape index (κ2) is 7.07. The molecule has 0 atom stereocenters. The van der Waals surface area contributed by atoms with Crippen LogP contribution in [0.15, 0.2) is 66.7 Å². The molecule has 3 aromatic rings. The van der Waals surface area contributed by atoms with Gasteiger partial charge in [0.25, 0.3) is 0 Å². The van der Waals surface area contributed by atoms with Crippen LogP contribution in [-0.2, 0) is 19.5 Å². The summed E-state index contributed by atoms with van der Waals surface area (Å²) >= 11 is 0. The monoisotopic (exact) mass is 312 g/mol. The van der Waals surface area contributed by atoms with Crippen molar-refractivity contribution >= 4 is 16.8 Å². The first kappa shape index (κ1) is 16.2. The van der Waals surface area contributed by atoms with Crippen molar-refractivity contribution in [3.05, 3.63) is 85.9 Å². The molecule has 0 radical (unpaired) electrons. The molecular formula is C17H14NOZn+. The maximum Gasteiger partial charge on any atom is 2.00 e. The third-order valence-electron chi connectivity index (χ3n) is 2.87. The van der Waals surface area contributed by atoms with E-state index >= 15 is 0 Å². The van der Waals surface area contributed by atoms with Crippen LogP contribution in [0.4, 0.5) is 0 Å². The van der Waals surface area contributed by atoms with E-state index in [1.54, 1.807) is 10.6 Å². The summed E-state index contributed by atoms with van der Waals surface area (Å²) in [5, 5.41) is 1.03. The molecule has 0 saturated carbocycles. The minimum atomic E-state index is -0.0626. The van der Waals surface area contributed by atoms with Gasteiger partial charge in [-0.05, 0) is 11.5 Å². The molecule has 20 heavy (non-hydrogen) atoms. The number of hydrogen-bond acceptors (Lipinski definition) is 1. The first-order valence-electron chi connectivity index (χ1n) is 5.77. The van der Waals surface area contributed by atoms with Crippen LogP contribution in [0, 0.1) is 13.6 Å². The number of rotatable bonds is 1. The van der Waals surface area contributed by atoms with Gasteiger partial charge in [-0.2, -0.15) is 0 Å². The zero-order valence-corrected chi connectivity index (χ0v) is 14.4. The zero-order valence-electron chi connectivity index (χ0n) is 11.4. The molecule has 0 fully saturated rings. The van der Waals surface area contributed by atoms with Crippen molar-refractivity contribution in [3.8, 4) is 0 Å². The van der Waals surface area contributed by atoms with Gasteiger partial charge in [-0.3, -0.25) is 4.79 Å². The van der Waals surface area contributed by atoms with Gasteiger partial charge >= 0.3 is 25.4 Å². The largest absolute Gasteiger partial charge is 2.00 e. The SMILES string of the molecule is O=C(c1ccccc1)[n+]1[c-]ccc2ccccc21.[CH3-].[Zn+2]. The van der Waals surface area contributed by atoms with Crippen molar-refractivity contribution in [2.45, 2.75) is 0 Å². The van der Waals surface area contributed by atoms with Gasteiger partial charge in [-0.15, -0.1) is 6.07 Å². The number of benzene rings is 2. The molecule has 0 amide bonds. The first-order valence-corrected chi connectivity index (χ1v) is 5.77. The van der Waals surface area contributed by atoms with Crippen molar-refractivity contribution < 1.29 is 28.8 Å². The maximum absolute atomic E-state index is 12.4. The van der Waals surface area contributed by atoms with Gasteiger partial charge in [0.1, 0.15) is 5.52 Å². The van der Waals surface area contributed by atoms with Gasteiger partial charge < -0.3 is 7.43 Å². The van der Waals surface area contributed by atoms with Crippen LogP contribution in [0.2, 0.25) is 0 Å². The summed E-state index contributed by atoms with van der Waals surface area (Å²) < 4.78 is 1.56. The van der Waals surface area contributed by atoms with Crippen LogP contribution in [-0.4, -0.2) is 5.91 Å². The summed E-state index contributed by atoms with van der Waals surface area (Å²) in [4.78, 5) is 12.4. The van der Waals surface area contributed by atoms with E-state index in [1.165, 1.54) is 0 Å². The minimum Gasteiger partial charge on any atom is -0.358 e. The number of aromatic nitrogens is 1. The molecule has 0 saturated heterocycles. The average Bonchev–Trinajstić information content (AvgIpc) is 2.47. The van der Waals surface area contributed by atoms with E-state index in [9.17, 15) is 4.79 Å².